The number of ether oxygens (including phenoxy) is 3. The Morgan fingerprint density at radius 3 is 2.84 bits per heavy atom. The Kier molecular flexibility index (Phi) is 4.42. The molecule has 0 amide bonds. The van der Waals surface area contributed by atoms with Gasteiger partial charge in [-0.2, -0.15) is 5.26 Å². The van der Waals surface area contributed by atoms with Gasteiger partial charge in [0.25, 0.3) is 0 Å². The molecule has 2 aliphatic rings. The van der Waals surface area contributed by atoms with Crippen molar-refractivity contribution in [2.24, 2.45) is 0 Å². The lowest BCUT2D eigenvalue weighted by molar-refractivity contribution is 0.0543. The Morgan fingerprint density at radius 1 is 1.28 bits per heavy atom. The fraction of sp³-hybridized carbons (Fsp3) is 0.412. The molecule has 0 radical (unpaired) electrons. The van der Waals surface area contributed by atoms with Crippen molar-refractivity contribution in [2.75, 3.05) is 31.9 Å². The molecule has 1 saturated heterocycles. The van der Waals surface area contributed by atoms with E-state index < -0.39 is 0 Å². The zero-order valence-corrected chi connectivity index (χ0v) is 15.0. The van der Waals surface area contributed by atoms with Crippen LogP contribution in [0.4, 0.5) is 5.13 Å². The normalized spacial score (nSPS) is 17.9. The highest BCUT2D eigenvalue weighted by Crippen LogP contribution is 2.41. The number of halogens is 1. The van der Waals surface area contributed by atoms with Gasteiger partial charge in [-0.25, -0.2) is 4.98 Å². The van der Waals surface area contributed by atoms with E-state index in [0.717, 1.165) is 24.3 Å². The van der Waals surface area contributed by atoms with E-state index in [1.54, 1.807) is 0 Å². The van der Waals surface area contributed by atoms with Crippen molar-refractivity contribution in [3.05, 3.63) is 33.8 Å². The first-order chi connectivity index (χ1) is 12.2. The third-order valence-corrected chi connectivity index (χ3v) is 5.92. The lowest BCUT2D eigenvalue weighted by atomic mass is 9.74. The minimum atomic E-state index is -0.0931. The Hall–Kier alpha value is -2.01. The second-order valence-electron chi connectivity index (χ2n) is 6.07. The van der Waals surface area contributed by atoms with E-state index in [9.17, 15) is 0 Å². The molecule has 0 atom stereocenters. The van der Waals surface area contributed by atoms with E-state index in [4.69, 9.17) is 31.1 Å². The fourth-order valence-corrected chi connectivity index (χ4v) is 4.19. The largest absolute Gasteiger partial charge is 0.454 e. The molecule has 4 rings (SSSR count). The maximum atomic E-state index is 9.01. The smallest absolute Gasteiger partial charge is 0.231 e. The standard InChI is InChI=1S/C17H16ClN3O3S/c18-15-12(8-19)21-16(25-15)20-9-17(3-5-22-6-4-17)11-1-2-13-14(7-11)24-10-23-13/h1-2,7H,3-6,9-10H2,(H,20,21). The Morgan fingerprint density at radius 2 is 2.08 bits per heavy atom. The zero-order valence-electron chi connectivity index (χ0n) is 13.4. The van der Waals surface area contributed by atoms with Gasteiger partial charge in [0.05, 0.1) is 0 Å². The second kappa shape index (κ2) is 6.71. The maximum absolute atomic E-state index is 9.01. The first-order valence-corrected chi connectivity index (χ1v) is 9.18. The summed E-state index contributed by atoms with van der Waals surface area (Å²) in [7, 11) is 0. The molecule has 0 bridgehead atoms. The molecule has 1 aromatic carbocycles. The number of benzene rings is 1. The van der Waals surface area contributed by atoms with Gasteiger partial charge in [0.1, 0.15) is 10.4 Å². The number of hydrogen-bond acceptors (Lipinski definition) is 7. The third kappa shape index (κ3) is 3.13. The number of nitriles is 1. The highest BCUT2D eigenvalue weighted by atomic mass is 35.5. The van der Waals surface area contributed by atoms with E-state index in [1.807, 2.05) is 12.1 Å². The molecule has 8 heteroatoms. The molecule has 130 valence electrons. The van der Waals surface area contributed by atoms with Crippen molar-refractivity contribution in [3.8, 4) is 17.6 Å². The summed E-state index contributed by atoms with van der Waals surface area (Å²) in [6.07, 6.45) is 1.79. The summed E-state index contributed by atoms with van der Waals surface area (Å²) >= 11 is 7.31. The number of aromatic nitrogens is 1. The minimum Gasteiger partial charge on any atom is -0.454 e. The lowest BCUT2D eigenvalue weighted by Crippen LogP contribution is -2.40. The highest BCUT2D eigenvalue weighted by molar-refractivity contribution is 7.19. The van der Waals surface area contributed by atoms with E-state index in [0.29, 0.717) is 29.2 Å². The highest BCUT2D eigenvalue weighted by Gasteiger charge is 2.36. The fourth-order valence-electron chi connectivity index (χ4n) is 3.25. The zero-order chi connectivity index (χ0) is 17.3. The molecule has 25 heavy (non-hydrogen) atoms. The molecule has 1 N–H and O–H groups in total. The predicted molar refractivity (Wildman–Crippen MR) is 94.6 cm³/mol. The number of anilines is 1. The van der Waals surface area contributed by atoms with Crippen molar-refractivity contribution in [1.82, 2.24) is 4.98 Å². The average molecular weight is 378 g/mol. The van der Waals surface area contributed by atoms with Crippen LogP contribution in [0.15, 0.2) is 18.2 Å². The van der Waals surface area contributed by atoms with Gasteiger partial charge in [0.2, 0.25) is 6.79 Å². The quantitative estimate of drug-likeness (QED) is 0.877. The van der Waals surface area contributed by atoms with Crippen LogP contribution in [0.5, 0.6) is 11.5 Å². The molecule has 0 unspecified atom stereocenters. The van der Waals surface area contributed by atoms with E-state index >= 15 is 0 Å². The molecule has 2 aromatic rings. The van der Waals surface area contributed by atoms with Crippen molar-refractivity contribution >= 4 is 28.1 Å². The van der Waals surface area contributed by atoms with Crippen molar-refractivity contribution in [2.45, 2.75) is 18.3 Å². The summed E-state index contributed by atoms with van der Waals surface area (Å²) in [5.41, 5.74) is 1.36. The molecule has 1 aromatic heterocycles. The Labute approximate surface area is 154 Å². The van der Waals surface area contributed by atoms with Crippen LogP contribution in [0, 0.1) is 11.3 Å². The number of rotatable bonds is 4. The maximum Gasteiger partial charge on any atom is 0.231 e. The molecule has 0 saturated carbocycles. The summed E-state index contributed by atoms with van der Waals surface area (Å²) < 4.78 is 16.9. The molecule has 0 spiro atoms. The van der Waals surface area contributed by atoms with Crippen LogP contribution in [0.25, 0.3) is 0 Å². The van der Waals surface area contributed by atoms with Gasteiger partial charge in [-0.05, 0) is 30.5 Å². The van der Waals surface area contributed by atoms with Gasteiger partial charge in [-0.15, -0.1) is 0 Å². The van der Waals surface area contributed by atoms with Gasteiger partial charge < -0.3 is 19.5 Å². The molecule has 2 aliphatic heterocycles. The van der Waals surface area contributed by atoms with Crippen LogP contribution in [-0.2, 0) is 10.2 Å². The van der Waals surface area contributed by atoms with Crippen molar-refractivity contribution in [3.63, 3.8) is 0 Å². The number of hydrogen-bond donors (Lipinski definition) is 1. The number of fused-ring (bicyclic) bond motifs is 1. The van der Waals surface area contributed by atoms with Gasteiger partial charge in [0.15, 0.2) is 22.3 Å². The first kappa shape index (κ1) is 16.5. The third-order valence-electron chi connectivity index (χ3n) is 4.70. The van der Waals surface area contributed by atoms with Gasteiger partial charge in [0, 0.05) is 25.2 Å². The van der Waals surface area contributed by atoms with Crippen LogP contribution in [-0.4, -0.2) is 31.5 Å². The Bertz CT molecular complexity index is 827. The number of thiazole rings is 1. The van der Waals surface area contributed by atoms with E-state index in [2.05, 4.69) is 22.4 Å². The van der Waals surface area contributed by atoms with Crippen LogP contribution < -0.4 is 14.8 Å². The lowest BCUT2D eigenvalue weighted by Gasteiger charge is -2.38. The number of nitrogens with one attached hydrogen (secondary N) is 1. The van der Waals surface area contributed by atoms with E-state index in [1.165, 1.54) is 16.9 Å². The Balaban J connectivity index is 1.59. The average Bonchev–Trinajstić information content (AvgIpc) is 3.26. The van der Waals surface area contributed by atoms with Crippen LogP contribution >= 0.6 is 22.9 Å². The van der Waals surface area contributed by atoms with Gasteiger partial charge >= 0.3 is 0 Å². The minimum absolute atomic E-state index is 0.0931. The topological polar surface area (TPSA) is 76.4 Å². The monoisotopic (exact) mass is 377 g/mol. The van der Waals surface area contributed by atoms with Gasteiger partial charge in [-0.3, -0.25) is 0 Å². The molecule has 0 aliphatic carbocycles. The van der Waals surface area contributed by atoms with Crippen molar-refractivity contribution in [1.29, 1.82) is 5.26 Å². The van der Waals surface area contributed by atoms with Crippen LogP contribution in [0.2, 0.25) is 4.34 Å². The van der Waals surface area contributed by atoms with Crippen LogP contribution in [0.3, 0.4) is 0 Å². The molecular formula is C17H16ClN3O3S. The molecular weight excluding hydrogens is 362 g/mol. The molecule has 1 fully saturated rings. The summed E-state index contributed by atoms with van der Waals surface area (Å²) in [5, 5.41) is 13.0. The number of nitrogens with zero attached hydrogens (tertiary/aromatic N) is 2. The van der Waals surface area contributed by atoms with Crippen molar-refractivity contribution < 1.29 is 14.2 Å². The summed E-state index contributed by atoms with van der Waals surface area (Å²) in [4.78, 5) is 4.23. The van der Waals surface area contributed by atoms with Gasteiger partial charge in [-0.1, -0.05) is 29.0 Å². The summed E-state index contributed by atoms with van der Waals surface area (Å²) in [5.74, 6) is 1.57. The predicted octanol–water partition coefficient (Wildman–Crippen LogP) is 3.56. The molecule has 6 nitrogen and oxygen atoms in total. The SMILES string of the molecule is N#Cc1nc(NCC2(c3ccc4c(c3)OCO4)CCOCC2)sc1Cl. The van der Waals surface area contributed by atoms with E-state index in [-0.39, 0.29) is 17.9 Å². The van der Waals surface area contributed by atoms with Crippen LogP contribution in [0.1, 0.15) is 24.1 Å². The molecule has 3 heterocycles. The summed E-state index contributed by atoms with van der Waals surface area (Å²) in [6.45, 7) is 2.36. The summed E-state index contributed by atoms with van der Waals surface area (Å²) in [6, 6.07) is 8.11. The second-order valence-corrected chi connectivity index (χ2v) is 7.67. The first-order valence-electron chi connectivity index (χ1n) is 7.98.